The van der Waals surface area contributed by atoms with Crippen molar-refractivity contribution in [3.63, 3.8) is 0 Å². The first kappa shape index (κ1) is 17.4. The van der Waals surface area contributed by atoms with Crippen LogP contribution in [0.2, 0.25) is 0 Å². The zero-order valence-electron chi connectivity index (χ0n) is 15.0. The van der Waals surface area contributed by atoms with E-state index in [1.807, 2.05) is 13.0 Å². The minimum Gasteiger partial charge on any atom is -0.378 e. The van der Waals surface area contributed by atoms with Gasteiger partial charge in [0.15, 0.2) is 0 Å². The molecule has 2 aromatic rings. The van der Waals surface area contributed by atoms with Gasteiger partial charge in [0.05, 0.1) is 13.2 Å². The third-order valence-electron chi connectivity index (χ3n) is 4.25. The van der Waals surface area contributed by atoms with Crippen LogP contribution >= 0.6 is 0 Å². The van der Waals surface area contributed by atoms with Gasteiger partial charge >= 0.3 is 0 Å². The van der Waals surface area contributed by atoms with Crippen molar-refractivity contribution in [1.82, 2.24) is 14.9 Å². The number of ether oxygens (including phenoxy) is 1. The molecule has 0 N–H and O–H groups in total. The molecule has 0 radical (unpaired) electrons. The van der Waals surface area contributed by atoms with Crippen molar-refractivity contribution >= 4 is 17.4 Å². The number of carbonyl (C=O) groups excluding carboxylic acids is 1. The minimum atomic E-state index is -0.0599. The molecule has 1 saturated heterocycles. The zero-order valence-corrected chi connectivity index (χ0v) is 15.0. The molecule has 1 aromatic heterocycles. The summed E-state index contributed by atoms with van der Waals surface area (Å²) < 4.78 is 5.32. The van der Waals surface area contributed by atoms with Gasteiger partial charge in [0.25, 0.3) is 5.91 Å². The lowest BCUT2D eigenvalue weighted by Crippen LogP contribution is -2.41. The standard InChI is InChI=1S/C19H24N4O2/c1-4-23(16-7-5-6-14(2)12-16)18-13-17(20-15(3)21-18)19(24)22-8-10-25-11-9-22/h5-7,12-13H,4,8-11H2,1-3H3. The van der Waals surface area contributed by atoms with E-state index in [-0.39, 0.29) is 5.91 Å². The summed E-state index contributed by atoms with van der Waals surface area (Å²) in [6.45, 7) is 9.08. The van der Waals surface area contributed by atoms with Gasteiger partial charge in [0, 0.05) is 31.4 Å². The van der Waals surface area contributed by atoms with Crippen LogP contribution < -0.4 is 4.90 Å². The summed E-state index contributed by atoms with van der Waals surface area (Å²) in [6, 6.07) is 10.1. The summed E-state index contributed by atoms with van der Waals surface area (Å²) in [5, 5.41) is 0. The highest BCUT2D eigenvalue weighted by atomic mass is 16.5. The summed E-state index contributed by atoms with van der Waals surface area (Å²) in [7, 11) is 0. The Morgan fingerprint density at radius 2 is 1.96 bits per heavy atom. The SMILES string of the molecule is CCN(c1cccc(C)c1)c1cc(C(=O)N2CCOCC2)nc(C)n1. The van der Waals surface area contributed by atoms with E-state index >= 15 is 0 Å². The number of aryl methyl sites for hydroxylation is 2. The first-order chi connectivity index (χ1) is 12.1. The van der Waals surface area contributed by atoms with E-state index in [2.05, 4.69) is 46.9 Å². The van der Waals surface area contributed by atoms with Crippen LogP contribution in [0.1, 0.15) is 28.8 Å². The highest BCUT2D eigenvalue weighted by molar-refractivity contribution is 5.93. The van der Waals surface area contributed by atoms with Crippen LogP contribution in [0.15, 0.2) is 30.3 Å². The lowest BCUT2D eigenvalue weighted by atomic mass is 10.2. The van der Waals surface area contributed by atoms with E-state index in [1.165, 1.54) is 5.56 Å². The van der Waals surface area contributed by atoms with Crippen molar-refractivity contribution in [2.45, 2.75) is 20.8 Å². The lowest BCUT2D eigenvalue weighted by molar-refractivity contribution is 0.0299. The molecular formula is C19H24N4O2. The Morgan fingerprint density at radius 1 is 1.20 bits per heavy atom. The van der Waals surface area contributed by atoms with Crippen LogP contribution in [0.25, 0.3) is 0 Å². The largest absolute Gasteiger partial charge is 0.378 e. The van der Waals surface area contributed by atoms with Crippen LogP contribution in [0.4, 0.5) is 11.5 Å². The molecule has 1 aromatic carbocycles. The van der Waals surface area contributed by atoms with Crippen molar-refractivity contribution in [2.24, 2.45) is 0 Å². The quantitative estimate of drug-likeness (QED) is 0.856. The summed E-state index contributed by atoms with van der Waals surface area (Å²) in [4.78, 5) is 25.6. The Bertz CT molecular complexity index is 757. The Labute approximate surface area is 148 Å². The van der Waals surface area contributed by atoms with Crippen molar-refractivity contribution < 1.29 is 9.53 Å². The average Bonchev–Trinajstić information content (AvgIpc) is 2.62. The number of benzene rings is 1. The van der Waals surface area contributed by atoms with E-state index in [1.54, 1.807) is 11.0 Å². The van der Waals surface area contributed by atoms with Crippen LogP contribution in [0.3, 0.4) is 0 Å². The second-order valence-corrected chi connectivity index (χ2v) is 6.15. The zero-order chi connectivity index (χ0) is 17.8. The van der Waals surface area contributed by atoms with E-state index in [4.69, 9.17) is 4.74 Å². The van der Waals surface area contributed by atoms with Crippen LogP contribution in [0.5, 0.6) is 0 Å². The molecule has 6 heteroatoms. The molecule has 2 heterocycles. The Kier molecular flexibility index (Phi) is 5.28. The van der Waals surface area contributed by atoms with E-state index in [0.717, 1.165) is 18.1 Å². The monoisotopic (exact) mass is 340 g/mol. The van der Waals surface area contributed by atoms with E-state index < -0.39 is 0 Å². The fourth-order valence-electron chi connectivity index (χ4n) is 3.00. The van der Waals surface area contributed by atoms with Gasteiger partial charge in [-0.25, -0.2) is 9.97 Å². The molecule has 1 amide bonds. The molecule has 132 valence electrons. The second-order valence-electron chi connectivity index (χ2n) is 6.15. The maximum absolute atomic E-state index is 12.8. The molecule has 3 rings (SSSR count). The number of carbonyl (C=O) groups is 1. The number of hydrogen-bond acceptors (Lipinski definition) is 5. The Morgan fingerprint density at radius 3 is 2.64 bits per heavy atom. The van der Waals surface area contributed by atoms with E-state index in [0.29, 0.717) is 37.8 Å². The molecule has 1 aliphatic heterocycles. The van der Waals surface area contributed by atoms with Crippen molar-refractivity contribution in [3.05, 3.63) is 47.4 Å². The molecule has 1 aliphatic rings. The van der Waals surface area contributed by atoms with Gasteiger partial charge in [0.2, 0.25) is 0 Å². The summed E-state index contributed by atoms with van der Waals surface area (Å²) in [5.74, 6) is 1.28. The second kappa shape index (κ2) is 7.61. The third-order valence-corrected chi connectivity index (χ3v) is 4.25. The topological polar surface area (TPSA) is 58.6 Å². The Balaban J connectivity index is 1.93. The molecule has 25 heavy (non-hydrogen) atoms. The first-order valence-corrected chi connectivity index (χ1v) is 8.65. The van der Waals surface area contributed by atoms with Crippen LogP contribution in [0, 0.1) is 13.8 Å². The molecular weight excluding hydrogens is 316 g/mol. The fraction of sp³-hybridized carbons (Fsp3) is 0.421. The van der Waals surface area contributed by atoms with Crippen LogP contribution in [-0.4, -0.2) is 53.6 Å². The molecule has 0 aliphatic carbocycles. The van der Waals surface area contributed by atoms with Crippen LogP contribution in [-0.2, 0) is 4.74 Å². The summed E-state index contributed by atoms with van der Waals surface area (Å²) >= 11 is 0. The average molecular weight is 340 g/mol. The highest BCUT2D eigenvalue weighted by Crippen LogP contribution is 2.25. The van der Waals surface area contributed by atoms with Crippen molar-refractivity contribution in [1.29, 1.82) is 0 Å². The van der Waals surface area contributed by atoms with Gasteiger partial charge in [-0.15, -0.1) is 0 Å². The molecule has 6 nitrogen and oxygen atoms in total. The van der Waals surface area contributed by atoms with Gasteiger partial charge < -0.3 is 14.5 Å². The van der Waals surface area contributed by atoms with Gasteiger partial charge in [-0.1, -0.05) is 12.1 Å². The van der Waals surface area contributed by atoms with Crippen molar-refractivity contribution in [3.8, 4) is 0 Å². The molecule has 0 unspecified atom stereocenters. The van der Waals surface area contributed by atoms with Gasteiger partial charge in [-0.05, 0) is 38.5 Å². The predicted molar refractivity (Wildman–Crippen MR) is 97.4 cm³/mol. The lowest BCUT2D eigenvalue weighted by Gasteiger charge is -2.27. The van der Waals surface area contributed by atoms with Gasteiger partial charge in [0.1, 0.15) is 17.3 Å². The molecule has 0 bridgehead atoms. The number of nitrogens with zero attached hydrogens (tertiary/aromatic N) is 4. The number of rotatable bonds is 4. The maximum atomic E-state index is 12.8. The third kappa shape index (κ3) is 3.96. The first-order valence-electron chi connectivity index (χ1n) is 8.65. The number of hydrogen-bond donors (Lipinski definition) is 0. The minimum absolute atomic E-state index is 0.0599. The van der Waals surface area contributed by atoms with Gasteiger partial charge in [-0.3, -0.25) is 4.79 Å². The van der Waals surface area contributed by atoms with Gasteiger partial charge in [-0.2, -0.15) is 0 Å². The fourth-order valence-corrected chi connectivity index (χ4v) is 3.00. The van der Waals surface area contributed by atoms with Crippen molar-refractivity contribution in [2.75, 3.05) is 37.7 Å². The molecule has 0 atom stereocenters. The summed E-state index contributed by atoms with van der Waals surface area (Å²) in [5.41, 5.74) is 2.69. The number of aromatic nitrogens is 2. The normalized spacial score (nSPS) is 14.4. The van der Waals surface area contributed by atoms with E-state index in [9.17, 15) is 4.79 Å². The molecule has 1 fully saturated rings. The Hall–Kier alpha value is -2.47. The predicted octanol–water partition coefficient (Wildman–Crippen LogP) is 2.72. The summed E-state index contributed by atoms with van der Waals surface area (Å²) in [6.07, 6.45) is 0. The number of anilines is 2. The maximum Gasteiger partial charge on any atom is 0.272 e. The smallest absolute Gasteiger partial charge is 0.272 e. The molecule has 0 saturated carbocycles. The number of morpholine rings is 1. The number of amides is 1. The molecule has 0 spiro atoms. The highest BCUT2D eigenvalue weighted by Gasteiger charge is 2.22.